The minimum Gasteiger partial charge on any atom is -0.478 e. The summed E-state index contributed by atoms with van der Waals surface area (Å²) in [7, 11) is -4.53. The number of ether oxygens (including phenoxy) is 1. The van der Waals surface area contributed by atoms with Gasteiger partial charge in [-0.3, -0.25) is 4.72 Å². The van der Waals surface area contributed by atoms with E-state index >= 15 is 0 Å². The monoisotopic (exact) mass is 431 g/mol. The number of benzene rings is 3. The largest absolute Gasteiger partial charge is 0.478 e. The molecule has 3 N–H and O–H groups in total. The molecule has 0 saturated heterocycles. The summed E-state index contributed by atoms with van der Waals surface area (Å²) in [6, 6.07) is 14.2. The van der Waals surface area contributed by atoms with Gasteiger partial charge in [0.05, 0.1) is 16.8 Å². The van der Waals surface area contributed by atoms with Gasteiger partial charge >= 0.3 is 11.9 Å². The predicted molar refractivity (Wildman–Crippen MR) is 104 cm³/mol. The summed E-state index contributed by atoms with van der Waals surface area (Å²) in [5.41, 5.74) is -0.886. The fraction of sp³-hybridized carbons (Fsp3) is 0. The summed E-state index contributed by atoms with van der Waals surface area (Å²) < 4.78 is 47.4. The molecule has 0 atom stereocenters. The zero-order valence-corrected chi connectivity index (χ0v) is 15.9. The second kappa shape index (κ2) is 8.21. The van der Waals surface area contributed by atoms with E-state index in [4.69, 9.17) is 9.84 Å². The molecule has 0 fully saturated rings. The van der Waals surface area contributed by atoms with Crippen LogP contribution in [0.25, 0.3) is 0 Å². The van der Waals surface area contributed by atoms with Gasteiger partial charge < -0.3 is 14.9 Å². The van der Waals surface area contributed by atoms with Crippen LogP contribution >= 0.6 is 0 Å². The van der Waals surface area contributed by atoms with E-state index in [1.54, 1.807) is 30.3 Å². The van der Waals surface area contributed by atoms with Gasteiger partial charge in [0.2, 0.25) is 0 Å². The quantitative estimate of drug-likeness (QED) is 0.518. The number of carboxylic acid groups (broad SMARTS) is 2. The highest BCUT2D eigenvalue weighted by molar-refractivity contribution is 7.92. The second-order valence-corrected chi connectivity index (χ2v) is 7.64. The fourth-order valence-electron chi connectivity index (χ4n) is 2.50. The van der Waals surface area contributed by atoms with Crippen LogP contribution in [0.15, 0.2) is 71.6 Å². The summed E-state index contributed by atoms with van der Waals surface area (Å²) in [4.78, 5) is 21.4. The van der Waals surface area contributed by atoms with Crippen molar-refractivity contribution >= 4 is 27.6 Å². The molecule has 0 spiro atoms. The number of para-hydroxylation sites is 1. The number of halogens is 1. The van der Waals surface area contributed by atoms with E-state index in [2.05, 4.69) is 4.72 Å². The van der Waals surface area contributed by atoms with Crippen LogP contribution < -0.4 is 9.46 Å². The zero-order chi connectivity index (χ0) is 21.9. The second-order valence-electron chi connectivity index (χ2n) is 5.99. The normalized spacial score (nSPS) is 11.0. The van der Waals surface area contributed by atoms with Gasteiger partial charge in [0.25, 0.3) is 10.0 Å². The lowest BCUT2D eigenvalue weighted by atomic mass is 10.2. The number of hydrogen-bond acceptors (Lipinski definition) is 5. The molecule has 0 heterocycles. The summed E-state index contributed by atoms with van der Waals surface area (Å²) in [6.07, 6.45) is 0. The molecular formula is C20H14FNO7S. The van der Waals surface area contributed by atoms with Crippen LogP contribution in [0.5, 0.6) is 11.5 Å². The molecule has 0 aliphatic rings. The highest BCUT2D eigenvalue weighted by Gasteiger charge is 2.23. The Labute approximate surface area is 170 Å². The molecule has 3 rings (SSSR count). The highest BCUT2D eigenvalue weighted by atomic mass is 32.2. The number of anilines is 1. The molecule has 0 radical (unpaired) electrons. The van der Waals surface area contributed by atoms with Crippen molar-refractivity contribution in [2.24, 2.45) is 0 Å². The maximum absolute atomic E-state index is 14.3. The first-order chi connectivity index (χ1) is 14.2. The number of sulfonamides is 1. The third-order valence-corrected chi connectivity index (χ3v) is 5.31. The number of aromatic carboxylic acids is 2. The maximum atomic E-state index is 14.3. The molecule has 8 nitrogen and oxygen atoms in total. The molecule has 30 heavy (non-hydrogen) atoms. The van der Waals surface area contributed by atoms with E-state index in [0.29, 0.717) is 11.8 Å². The number of rotatable bonds is 7. The Bertz CT molecular complexity index is 1230. The average molecular weight is 431 g/mol. The Morgan fingerprint density at radius 1 is 0.867 bits per heavy atom. The van der Waals surface area contributed by atoms with Crippen molar-refractivity contribution in [3.8, 4) is 11.5 Å². The van der Waals surface area contributed by atoms with Crippen LogP contribution in [-0.2, 0) is 10.0 Å². The summed E-state index contributed by atoms with van der Waals surface area (Å²) in [5, 5.41) is 18.1. The Morgan fingerprint density at radius 2 is 1.47 bits per heavy atom. The number of carbonyl (C=O) groups is 2. The molecule has 154 valence electrons. The van der Waals surface area contributed by atoms with E-state index in [9.17, 15) is 27.5 Å². The Hall–Kier alpha value is -3.92. The lowest BCUT2D eigenvalue weighted by Gasteiger charge is -2.15. The van der Waals surface area contributed by atoms with Crippen molar-refractivity contribution in [1.82, 2.24) is 0 Å². The van der Waals surface area contributed by atoms with Crippen LogP contribution in [0.3, 0.4) is 0 Å². The maximum Gasteiger partial charge on any atom is 0.335 e. The summed E-state index contributed by atoms with van der Waals surface area (Å²) >= 11 is 0. The van der Waals surface area contributed by atoms with Gasteiger partial charge in [-0.15, -0.1) is 0 Å². The third-order valence-electron chi connectivity index (χ3n) is 3.91. The lowest BCUT2D eigenvalue weighted by molar-refractivity contribution is 0.0686. The summed E-state index contributed by atoms with van der Waals surface area (Å²) in [5.74, 6) is -3.66. The van der Waals surface area contributed by atoms with E-state index in [0.717, 1.165) is 18.2 Å². The predicted octanol–water partition coefficient (Wildman–Crippen LogP) is 3.82. The van der Waals surface area contributed by atoms with Gasteiger partial charge in [0.1, 0.15) is 16.5 Å². The van der Waals surface area contributed by atoms with Gasteiger partial charge in [0.15, 0.2) is 5.75 Å². The highest BCUT2D eigenvalue weighted by Crippen LogP contribution is 2.32. The van der Waals surface area contributed by atoms with Gasteiger partial charge in [-0.25, -0.2) is 22.4 Å². The molecule has 0 amide bonds. The van der Waals surface area contributed by atoms with Crippen LogP contribution in [0.1, 0.15) is 20.7 Å². The van der Waals surface area contributed by atoms with Crippen molar-refractivity contribution in [2.45, 2.75) is 4.90 Å². The van der Waals surface area contributed by atoms with Crippen LogP contribution in [-0.4, -0.2) is 30.6 Å². The van der Waals surface area contributed by atoms with Gasteiger partial charge in [-0.05, 0) is 48.5 Å². The Morgan fingerprint density at radius 3 is 2.07 bits per heavy atom. The minimum atomic E-state index is -4.53. The van der Waals surface area contributed by atoms with E-state index in [1.807, 2.05) is 0 Å². The molecule has 0 unspecified atom stereocenters. The van der Waals surface area contributed by atoms with E-state index in [1.165, 1.54) is 12.1 Å². The molecule has 3 aromatic rings. The molecule has 0 aliphatic heterocycles. The molecule has 0 saturated carbocycles. The first-order valence-electron chi connectivity index (χ1n) is 8.33. The van der Waals surface area contributed by atoms with Crippen LogP contribution in [0.4, 0.5) is 10.1 Å². The first kappa shape index (κ1) is 20.8. The smallest absolute Gasteiger partial charge is 0.335 e. The number of hydrogen-bond donors (Lipinski definition) is 3. The molecule has 3 aromatic carbocycles. The molecule has 0 aromatic heterocycles. The van der Waals surface area contributed by atoms with Crippen molar-refractivity contribution in [3.63, 3.8) is 0 Å². The van der Waals surface area contributed by atoms with Gasteiger partial charge in [0, 0.05) is 0 Å². The van der Waals surface area contributed by atoms with Gasteiger partial charge in [-0.2, -0.15) is 0 Å². The standard InChI is InChI=1S/C20H14FNO7S/c21-15-10-12(19(23)24)7-9-18(15)30(27,28)22-16-11-13(20(25)26)6-8-17(16)29-14-4-2-1-3-5-14/h1-11,22H,(H,23,24)(H,25,26). The molecule has 10 heteroatoms. The Balaban J connectivity index is 2.02. The number of nitrogens with one attached hydrogen (secondary N) is 1. The van der Waals surface area contributed by atoms with Crippen LogP contribution in [0.2, 0.25) is 0 Å². The van der Waals surface area contributed by atoms with Crippen molar-refractivity contribution in [3.05, 3.63) is 83.7 Å². The third kappa shape index (κ3) is 4.55. The zero-order valence-electron chi connectivity index (χ0n) is 15.1. The fourth-order valence-corrected chi connectivity index (χ4v) is 3.62. The SMILES string of the molecule is O=C(O)c1ccc(S(=O)(=O)Nc2cc(C(=O)O)ccc2Oc2ccccc2)c(F)c1. The molecular weight excluding hydrogens is 417 g/mol. The van der Waals surface area contributed by atoms with Crippen molar-refractivity contribution < 1.29 is 37.3 Å². The average Bonchev–Trinajstić information content (AvgIpc) is 2.69. The van der Waals surface area contributed by atoms with Crippen molar-refractivity contribution in [2.75, 3.05) is 4.72 Å². The Kier molecular flexibility index (Phi) is 5.70. The van der Waals surface area contributed by atoms with Crippen LogP contribution in [0, 0.1) is 5.82 Å². The topological polar surface area (TPSA) is 130 Å². The van der Waals surface area contributed by atoms with E-state index in [-0.39, 0.29) is 17.0 Å². The van der Waals surface area contributed by atoms with E-state index < -0.39 is 38.2 Å². The van der Waals surface area contributed by atoms with Crippen molar-refractivity contribution in [1.29, 1.82) is 0 Å². The number of carboxylic acids is 2. The summed E-state index contributed by atoms with van der Waals surface area (Å²) in [6.45, 7) is 0. The lowest BCUT2D eigenvalue weighted by Crippen LogP contribution is -2.16. The van der Waals surface area contributed by atoms with Gasteiger partial charge in [-0.1, -0.05) is 18.2 Å². The first-order valence-corrected chi connectivity index (χ1v) is 9.81. The minimum absolute atomic E-state index is 0.0164. The molecule has 0 bridgehead atoms. The molecule has 0 aliphatic carbocycles.